The molecule has 6 heteroatoms. The molecule has 2 aromatic carbocycles. The summed E-state index contributed by atoms with van der Waals surface area (Å²) in [6.07, 6.45) is 0. The molecule has 0 heterocycles. The van der Waals surface area contributed by atoms with Crippen molar-refractivity contribution >= 4 is 23.0 Å². The van der Waals surface area contributed by atoms with Gasteiger partial charge in [0.15, 0.2) is 0 Å². The van der Waals surface area contributed by atoms with E-state index in [4.69, 9.17) is 5.11 Å². The fourth-order valence-electron chi connectivity index (χ4n) is 2.11. The van der Waals surface area contributed by atoms with Crippen LogP contribution >= 0.6 is 0 Å². The van der Waals surface area contributed by atoms with E-state index in [0.717, 1.165) is 11.1 Å². The summed E-state index contributed by atoms with van der Waals surface area (Å²) in [6.45, 7) is 3.83. The monoisotopic (exact) mass is 286 g/mol. The van der Waals surface area contributed by atoms with Gasteiger partial charge in [-0.2, -0.15) is 0 Å². The second kappa shape index (κ2) is 5.62. The number of benzene rings is 2. The van der Waals surface area contributed by atoms with Gasteiger partial charge in [0, 0.05) is 5.69 Å². The van der Waals surface area contributed by atoms with E-state index in [0.29, 0.717) is 5.69 Å². The summed E-state index contributed by atoms with van der Waals surface area (Å²) < 4.78 is 0. The van der Waals surface area contributed by atoms with E-state index in [1.54, 1.807) is 0 Å². The standard InChI is InChI=1S/C15H14N2O4/c1-9-6-7-12(10(2)8-9)16-13-5-3-4-11(15(18)19)14(13)17(20)21/h3-8,16H,1-2H3,(H,18,19). The molecule has 0 aliphatic carbocycles. The van der Waals surface area contributed by atoms with Gasteiger partial charge in [-0.15, -0.1) is 0 Å². The minimum absolute atomic E-state index is 0.159. The van der Waals surface area contributed by atoms with E-state index < -0.39 is 16.6 Å². The van der Waals surface area contributed by atoms with Crippen molar-refractivity contribution in [3.05, 3.63) is 63.2 Å². The molecule has 2 N–H and O–H groups in total. The lowest BCUT2D eigenvalue weighted by Gasteiger charge is -2.11. The molecular formula is C15H14N2O4. The third kappa shape index (κ3) is 3.00. The lowest BCUT2D eigenvalue weighted by molar-refractivity contribution is -0.384. The van der Waals surface area contributed by atoms with Crippen molar-refractivity contribution in [3.8, 4) is 0 Å². The van der Waals surface area contributed by atoms with E-state index in [-0.39, 0.29) is 11.3 Å². The molecule has 0 amide bonds. The minimum Gasteiger partial charge on any atom is -0.477 e. The molecule has 0 atom stereocenters. The Morgan fingerprint density at radius 2 is 1.90 bits per heavy atom. The van der Waals surface area contributed by atoms with Gasteiger partial charge in [-0.25, -0.2) is 4.79 Å². The van der Waals surface area contributed by atoms with Crippen LogP contribution in [0.5, 0.6) is 0 Å². The van der Waals surface area contributed by atoms with Crippen molar-refractivity contribution in [2.45, 2.75) is 13.8 Å². The summed E-state index contributed by atoms with van der Waals surface area (Å²) in [7, 11) is 0. The number of nitrogens with zero attached hydrogens (tertiary/aromatic N) is 1. The van der Waals surface area contributed by atoms with Crippen LogP contribution in [0.2, 0.25) is 0 Å². The van der Waals surface area contributed by atoms with Crippen molar-refractivity contribution in [3.63, 3.8) is 0 Å². The third-order valence-electron chi connectivity index (χ3n) is 3.10. The Kier molecular flexibility index (Phi) is 3.89. The van der Waals surface area contributed by atoms with Crippen LogP contribution in [0.4, 0.5) is 17.1 Å². The Labute approximate surface area is 121 Å². The molecule has 0 aromatic heterocycles. The third-order valence-corrected chi connectivity index (χ3v) is 3.10. The van der Waals surface area contributed by atoms with Gasteiger partial charge in [-0.1, -0.05) is 23.8 Å². The van der Waals surface area contributed by atoms with Gasteiger partial charge in [0.05, 0.1) is 4.92 Å². The summed E-state index contributed by atoms with van der Waals surface area (Å²) in [5.74, 6) is -1.33. The predicted octanol–water partition coefficient (Wildman–Crippen LogP) is 3.65. The summed E-state index contributed by atoms with van der Waals surface area (Å²) >= 11 is 0. The number of rotatable bonds is 4. The maximum Gasteiger partial charge on any atom is 0.342 e. The Morgan fingerprint density at radius 1 is 1.19 bits per heavy atom. The number of nitro groups is 1. The molecule has 2 aromatic rings. The number of hydrogen-bond acceptors (Lipinski definition) is 4. The highest BCUT2D eigenvalue weighted by Gasteiger charge is 2.24. The molecular weight excluding hydrogens is 272 g/mol. The summed E-state index contributed by atoms with van der Waals surface area (Å²) in [5, 5.41) is 23.2. The molecule has 0 saturated carbocycles. The SMILES string of the molecule is Cc1ccc(Nc2cccc(C(=O)O)c2[N+](=O)[O-])c(C)c1. The molecule has 108 valence electrons. The fraction of sp³-hybridized carbons (Fsp3) is 0.133. The van der Waals surface area contributed by atoms with Crippen LogP contribution in [-0.4, -0.2) is 16.0 Å². The lowest BCUT2D eigenvalue weighted by Crippen LogP contribution is -2.06. The van der Waals surface area contributed by atoms with Crippen molar-refractivity contribution in [2.75, 3.05) is 5.32 Å². The van der Waals surface area contributed by atoms with Crippen molar-refractivity contribution < 1.29 is 14.8 Å². The van der Waals surface area contributed by atoms with Gasteiger partial charge in [0.25, 0.3) is 0 Å². The van der Waals surface area contributed by atoms with Crippen molar-refractivity contribution in [1.29, 1.82) is 0 Å². The molecule has 0 fully saturated rings. The largest absolute Gasteiger partial charge is 0.477 e. The maximum atomic E-state index is 11.2. The van der Waals surface area contributed by atoms with Gasteiger partial charge in [-0.3, -0.25) is 10.1 Å². The highest BCUT2D eigenvalue weighted by Crippen LogP contribution is 2.32. The second-order valence-corrected chi connectivity index (χ2v) is 4.71. The highest BCUT2D eigenvalue weighted by molar-refractivity contribution is 5.96. The first-order valence-electron chi connectivity index (χ1n) is 6.25. The molecule has 0 saturated heterocycles. The summed E-state index contributed by atoms with van der Waals surface area (Å²) in [4.78, 5) is 21.6. The molecule has 0 radical (unpaired) electrons. The van der Waals surface area contributed by atoms with Crippen LogP contribution in [0.3, 0.4) is 0 Å². The zero-order chi connectivity index (χ0) is 15.6. The molecule has 0 unspecified atom stereocenters. The number of nitro benzene ring substituents is 1. The summed E-state index contributed by atoms with van der Waals surface area (Å²) in [5.41, 5.74) is 2.08. The molecule has 0 spiro atoms. The van der Waals surface area contributed by atoms with E-state index >= 15 is 0 Å². The zero-order valence-corrected chi connectivity index (χ0v) is 11.6. The number of para-hydroxylation sites is 1. The van der Waals surface area contributed by atoms with E-state index in [1.807, 2.05) is 32.0 Å². The van der Waals surface area contributed by atoms with Crippen LogP contribution < -0.4 is 5.32 Å². The average molecular weight is 286 g/mol. The Bertz CT molecular complexity index is 726. The average Bonchev–Trinajstić information content (AvgIpc) is 2.41. The molecule has 0 aliphatic heterocycles. The Hall–Kier alpha value is -2.89. The smallest absolute Gasteiger partial charge is 0.342 e. The van der Waals surface area contributed by atoms with Gasteiger partial charge in [0.2, 0.25) is 0 Å². The summed E-state index contributed by atoms with van der Waals surface area (Å²) in [6, 6.07) is 9.80. The fourth-order valence-corrected chi connectivity index (χ4v) is 2.11. The molecule has 2 rings (SSSR count). The van der Waals surface area contributed by atoms with Crippen molar-refractivity contribution in [1.82, 2.24) is 0 Å². The van der Waals surface area contributed by atoms with Crippen LogP contribution in [0.15, 0.2) is 36.4 Å². The van der Waals surface area contributed by atoms with Gasteiger partial charge in [-0.05, 0) is 37.6 Å². The second-order valence-electron chi connectivity index (χ2n) is 4.71. The number of carboxylic acid groups (broad SMARTS) is 1. The van der Waals surface area contributed by atoms with E-state index in [9.17, 15) is 14.9 Å². The topological polar surface area (TPSA) is 92.5 Å². The number of hydrogen-bond donors (Lipinski definition) is 2. The van der Waals surface area contributed by atoms with Crippen LogP contribution in [0.25, 0.3) is 0 Å². The van der Waals surface area contributed by atoms with Crippen LogP contribution in [-0.2, 0) is 0 Å². The number of carboxylic acids is 1. The maximum absolute atomic E-state index is 11.2. The highest BCUT2D eigenvalue weighted by atomic mass is 16.6. The van der Waals surface area contributed by atoms with Crippen LogP contribution in [0, 0.1) is 24.0 Å². The number of nitrogens with one attached hydrogen (secondary N) is 1. The minimum atomic E-state index is -1.33. The first kappa shape index (κ1) is 14.5. The molecule has 0 aliphatic rings. The quantitative estimate of drug-likeness (QED) is 0.661. The first-order valence-corrected chi connectivity index (χ1v) is 6.25. The number of carbonyl (C=O) groups is 1. The predicted molar refractivity (Wildman–Crippen MR) is 79.3 cm³/mol. The number of aromatic carboxylic acids is 1. The number of anilines is 2. The molecule has 6 nitrogen and oxygen atoms in total. The normalized spacial score (nSPS) is 10.2. The number of aryl methyl sites for hydroxylation is 2. The van der Waals surface area contributed by atoms with Crippen molar-refractivity contribution in [2.24, 2.45) is 0 Å². The Balaban J connectivity index is 2.51. The van der Waals surface area contributed by atoms with Gasteiger partial charge >= 0.3 is 11.7 Å². The molecule has 0 bridgehead atoms. The first-order chi connectivity index (χ1) is 9.90. The van der Waals surface area contributed by atoms with Crippen LogP contribution in [0.1, 0.15) is 21.5 Å². The molecule has 21 heavy (non-hydrogen) atoms. The Morgan fingerprint density at radius 3 is 2.48 bits per heavy atom. The van der Waals surface area contributed by atoms with Gasteiger partial charge < -0.3 is 10.4 Å². The lowest BCUT2D eigenvalue weighted by atomic mass is 10.1. The van der Waals surface area contributed by atoms with Gasteiger partial charge in [0.1, 0.15) is 11.3 Å². The zero-order valence-electron chi connectivity index (χ0n) is 11.6. The van der Waals surface area contributed by atoms with E-state index in [2.05, 4.69) is 5.32 Å². The van der Waals surface area contributed by atoms with E-state index in [1.165, 1.54) is 18.2 Å².